The lowest BCUT2D eigenvalue weighted by Gasteiger charge is -2.06. The van der Waals surface area contributed by atoms with Gasteiger partial charge in [0.2, 0.25) is 0 Å². The zero-order valence-electron chi connectivity index (χ0n) is 8.19. The molecule has 0 aromatic heterocycles. The summed E-state index contributed by atoms with van der Waals surface area (Å²) in [5, 5.41) is 0. The van der Waals surface area contributed by atoms with E-state index in [0.717, 1.165) is 0 Å². The van der Waals surface area contributed by atoms with Crippen LogP contribution in [0.5, 0.6) is 0 Å². The third-order valence-electron chi connectivity index (χ3n) is 1.75. The van der Waals surface area contributed by atoms with Gasteiger partial charge in [-0.2, -0.15) is 13.2 Å². The highest BCUT2D eigenvalue weighted by molar-refractivity contribution is 7.91. The largest absolute Gasteiger partial charge is 0.389 e. The molecule has 0 saturated heterocycles. The Hall–Kier alpha value is 0.0300. The smallest absolute Gasteiger partial charge is 0.229 e. The van der Waals surface area contributed by atoms with Crippen LogP contribution >= 0.6 is 11.6 Å². The van der Waals surface area contributed by atoms with Crippen LogP contribution in [0.2, 0.25) is 0 Å². The second-order valence-electron chi connectivity index (χ2n) is 3.27. The van der Waals surface area contributed by atoms with E-state index in [-0.39, 0.29) is 12.2 Å². The molecule has 0 heterocycles. The SMILES string of the molecule is O=S(=O)(CCCCCl)CCCC(F)(F)F. The molecule has 92 valence electrons. The van der Waals surface area contributed by atoms with Crippen LogP contribution in [0.25, 0.3) is 0 Å². The van der Waals surface area contributed by atoms with Gasteiger partial charge in [0.25, 0.3) is 0 Å². The van der Waals surface area contributed by atoms with Crippen LogP contribution in [0.4, 0.5) is 13.2 Å². The maximum Gasteiger partial charge on any atom is 0.389 e. The highest BCUT2D eigenvalue weighted by atomic mass is 35.5. The molecular formula is C8H14ClF3O2S. The highest BCUT2D eigenvalue weighted by Gasteiger charge is 2.27. The summed E-state index contributed by atoms with van der Waals surface area (Å²) in [6.45, 7) is 0. The molecule has 7 heteroatoms. The van der Waals surface area contributed by atoms with E-state index in [9.17, 15) is 21.6 Å². The minimum Gasteiger partial charge on any atom is -0.229 e. The Labute approximate surface area is 92.7 Å². The zero-order valence-corrected chi connectivity index (χ0v) is 9.76. The molecule has 0 aliphatic carbocycles. The van der Waals surface area contributed by atoms with Crippen molar-refractivity contribution in [3.63, 3.8) is 0 Å². The summed E-state index contributed by atoms with van der Waals surface area (Å²) < 4.78 is 57.5. The predicted molar refractivity (Wildman–Crippen MR) is 53.9 cm³/mol. The first kappa shape index (κ1) is 15.0. The van der Waals surface area contributed by atoms with Gasteiger partial charge in [-0.25, -0.2) is 8.42 Å². The predicted octanol–water partition coefficient (Wildman–Crippen LogP) is 2.76. The molecule has 0 atom stereocenters. The summed E-state index contributed by atoms with van der Waals surface area (Å²) >= 11 is 5.35. The fourth-order valence-electron chi connectivity index (χ4n) is 1.01. The van der Waals surface area contributed by atoms with E-state index in [0.29, 0.717) is 18.7 Å². The molecule has 0 aliphatic heterocycles. The molecule has 0 aromatic carbocycles. The van der Waals surface area contributed by atoms with Crippen molar-refractivity contribution in [2.75, 3.05) is 17.4 Å². The summed E-state index contributed by atoms with van der Waals surface area (Å²) in [6.07, 6.45) is -4.68. The van der Waals surface area contributed by atoms with Crippen LogP contribution in [-0.2, 0) is 9.84 Å². The van der Waals surface area contributed by atoms with Crippen LogP contribution in [0, 0.1) is 0 Å². The summed E-state index contributed by atoms with van der Waals surface area (Å²) in [6, 6.07) is 0. The van der Waals surface area contributed by atoms with Crippen molar-refractivity contribution in [1.82, 2.24) is 0 Å². The number of hydrogen-bond donors (Lipinski definition) is 0. The van der Waals surface area contributed by atoms with Gasteiger partial charge in [0.1, 0.15) is 9.84 Å². The van der Waals surface area contributed by atoms with Crippen LogP contribution in [0.15, 0.2) is 0 Å². The number of rotatable bonds is 7. The Morgan fingerprint density at radius 2 is 1.53 bits per heavy atom. The minimum atomic E-state index is -4.27. The third kappa shape index (κ3) is 10.3. The first-order chi connectivity index (χ1) is 6.77. The van der Waals surface area contributed by atoms with Crippen LogP contribution in [0.1, 0.15) is 25.7 Å². The van der Waals surface area contributed by atoms with E-state index in [1.54, 1.807) is 0 Å². The van der Waals surface area contributed by atoms with Gasteiger partial charge in [-0.15, -0.1) is 11.6 Å². The molecular weight excluding hydrogens is 253 g/mol. The van der Waals surface area contributed by atoms with E-state index in [2.05, 4.69) is 0 Å². The van der Waals surface area contributed by atoms with Crippen LogP contribution in [-0.4, -0.2) is 32.0 Å². The molecule has 15 heavy (non-hydrogen) atoms. The van der Waals surface area contributed by atoms with Crippen molar-refractivity contribution >= 4 is 21.4 Å². The lowest BCUT2D eigenvalue weighted by Crippen LogP contribution is -2.15. The molecule has 0 amide bonds. The van der Waals surface area contributed by atoms with Gasteiger partial charge in [-0.1, -0.05) is 0 Å². The van der Waals surface area contributed by atoms with E-state index >= 15 is 0 Å². The monoisotopic (exact) mass is 266 g/mol. The van der Waals surface area contributed by atoms with Crippen LogP contribution < -0.4 is 0 Å². The quantitative estimate of drug-likeness (QED) is 0.524. The number of alkyl halides is 4. The maximum absolute atomic E-state index is 11.7. The van der Waals surface area contributed by atoms with Gasteiger partial charge < -0.3 is 0 Å². The molecule has 0 aromatic rings. The summed E-state index contributed by atoms with van der Waals surface area (Å²) in [4.78, 5) is 0. The Morgan fingerprint density at radius 1 is 1.00 bits per heavy atom. The first-order valence-corrected chi connectivity index (χ1v) is 6.95. The van der Waals surface area contributed by atoms with Gasteiger partial charge in [0.15, 0.2) is 0 Å². The average molecular weight is 267 g/mol. The normalized spacial score (nSPS) is 13.1. The maximum atomic E-state index is 11.7. The second-order valence-corrected chi connectivity index (χ2v) is 5.95. The van der Waals surface area contributed by atoms with Gasteiger partial charge in [0, 0.05) is 12.3 Å². The number of hydrogen-bond acceptors (Lipinski definition) is 2. The number of unbranched alkanes of at least 4 members (excludes halogenated alkanes) is 1. The lowest BCUT2D eigenvalue weighted by molar-refractivity contribution is -0.134. The van der Waals surface area contributed by atoms with Crippen molar-refractivity contribution in [3.8, 4) is 0 Å². The Kier molecular flexibility index (Phi) is 6.59. The summed E-state index contributed by atoms with van der Waals surface area (Å²) in [5.41, 5.74) is 0. The Balaban J connectivity index is 3.75. The van der Waals surface area contributed by atoms with E-state index in [4.69, 9.17) is 11.6 Å². The zero-order chi connectivity index (χ0) is 11.9. The minimum absolute atomic E-state index is 0.0718. The van der Waals surface area contributed by atoms with Crippen molar-refractivity contribution in [2.24, 2.45) is 0 Å². The van der Waals surface area contributed by atoms with Gasteiger partial charge in [-0.05, 0) is 19.3 Å². The molecule has 0 unspecified atom stereocenters. The molecule has 0 bridgehead atoms. The molecule has 0 radical (unpaired) electrons. The number of halogens is 4. The van der Waals surface area contributed by atoms with Gasteiger partial charge >= 0.3 is 6.18 Å². The van der Waals surface area contributed by atoms with Crippen molar-refractivity contribution < 1.29 is 21.6 Å². The van der Waals surface area contributed by atoms with E-state index in [1.165, 1.54) is 0 Å². The lowest BCUT2D eigenvalue weighted by atomic mass is 10.3. The Bertz CT molecular complexity index is 262. The van der Waals surface area contributed by atoms with Crippen molar-refractivity contribution in [2.45, 2.75) is 31.9 Å². The summed E-state index contributed by atoms with van der Waals surface area (Å²) in [7, 11) is -3.33. The number of sulfone groups is 1. The first-order valence-electron chi connectivity index (χ1n) is 4.60. The van der Waals surface area contributed by atoms with Crippen molar-refractivity contribution in [3.05, 3.63) is 0 Å². The fraction of sp³-hybridized carbons (Fsp3) is 1.00. The average Bonchev–Trinajstić information content (AvgIpc) is 2.01. The fourth-order valence-corrected chi connectivity index (χ4v) is 2.63. The molecule has 0 N–H and O–H groups in total. The summed E-state index contributed by atoms with van der Waals surface area (Å²) in [5.74, 6) is -0.0928. The highest BCUT2D eigenvalue weighted by Crippen LogP contribution is 2.21. The third-order valence-corrected chi connectivity index (χ3v) is 3.84. The van der Waals surface area contributed by atoms with Crippen molar-refractivity contribution in [1.29, 1.82) is 0 Å². The second kappa shape index (κ2) is 6.58. The van der Waals surface area contributed by atoms with E-state index < -0.39 is 28.2 Å². The molecule has 0 fully saturated rings. The van der Waals surface area contributed by atoms with Gasteiger partial charge in [0.05, 0.1) is 11.5 Å². The Morgan fingerprint density at radius 3 is 2.00 bits per heavy atom. The van der Waals surface area contributed by atoms with E-state index in [1.807, 2.05) is 0 Å². The molecule has 0 aliphatic rings. The molecule has 0 spiro atoms. The van der Waals surface area contributed by atoms with Gasteiger partial charge in [-0.3, -0.25) is 0 Å². The standard InChI is InChI=1S/C8H14ClF3O2S/c9-5-1-2-6-15(13,14)7-3-4-8(10,11)12/h1-7H2. The topological polar surface area (TPSA) is 34.1 Å². The molecule has 0 rings (SSSR count). The molecule has 2 nitrogen and oxygen atoms in total. The van der Waals surface area contributed by atoms with Crippen LogP contribution in [0.3, 0.4) is 0 Å². The molecule has 0 saturated carbocycles.